The number of carbonyl (C=O) groups excluding carboxylic acids is 2. The summed E-state index contributed by atoms with van der Waals surface area (Å²) in [6, 6.07) is 13.1. The number of nitrogens with zero attached hydrogens (tertiary/aromatic N) is 2. The van der Waals surface area contributed by atoms with Gasteiger partial charge >= 0.3 is 0 Å². The average molecular weight is 438 g/mol. The molecule has 0 spiro atoms. The Kier molecular flexibility index (Phi) is 5.54. The van der Waals surface area contributed by atoms with Gasteiger partial charge in [-0.1, -0.05) is 31.0 Å². The predicted molar refractivity (Wildman–Crippen MR) is 114 cm³/mol. The molecule has 0 bridgehead atoms. The first-order valence-corrected chi connectivity index (χ1v) is 11.8. The second-order valence-electron chi connectivity index (χ2n) is 8.16. The van der Waals surface area contributed by atoms with E-state index in [1.165, 1.54) is 17.0 Å². The fourth-order valence-corrected chi connectivity index (χ4v) is 5.81. The van der Waals surface area contributed by atoms with Crippen molar-refractivity contribution >= 4 is 27.5 Å². The minimum Gasteiger partial charge on any atom is -0.280 e. The lowest BCUT2D eigenvalue weighted by Crippen LogP contribution is -2.30. The van der Waals surface area contributed by atoms with Crippen LogP contribution in [-0.4, -0.2) is 25.1 Å². The third-order valence-corrected chi connectivity index (χ3v) is 7.58. The number of aryl methyl sites for hydroxylation is 1. The standard InChI is InChI=1S/C23H23N3O4S/c1-15-9-10-17(14-26-22(27)19-7-2-3-8-20(19)23(26)28)12-21(15)31(29,30)25-18-6-4-5-16(11-18)13-24/h4-6,9-12,19-20,25H,2-3,7-8,14H2,1H3/t19-,20+. The molecular formula is C23H23N3O4S. The lowest BCUT2D eigenvalue weighted by molar-refractivity contribution is -0.140. The van der Waals surface area contributed by atoms with Gasteiger partial charge in [0.05, 0.1) is 40.6 Å². The lowest BCUT2D eigenvalue weighted by Gasteiger charge is -2.19. The zero-order chi connectivity index (χ0) is 22.2. The summed E-state index contributed by atoms with van der Waals surface area (Å²) in [6.45, 7) is 1.75. The van der Waals surface area contributed by atoms with Crippen LogP contribution in [0.1, 0.15) is 42.4 Å². The summed E-state index contributed by atoms with van der Waals surface area (Å²) < 4.78 is 28.5. The SMILES string of the molecule is Cc1ccc(CN2C(=O)[C@H]3CCCC[C@H]3C2=O)cc1S(=O)(=O)Nc1cccc(C#N)c1. The second-order valence-corrected chi connectivity index (χ2v) is 9.81. The quantitative estimate of drug-likeness (QED) is 0.722. The van der Waals surface area contributed by atoms with E-state index in [0.717, 1.165) is 25.7 Å². The van der Waals surface area contributed by atoms with E-state index in [9.17, 15) is 18.0 Å². The van der Waals surface area contributed by atoms with E-state index < -0.39 is 10.0 Å². The number of carbonyl (C=O) groups is 2. The Balaban J connectivity index is 1.59. The summed E-state index contributed by atoms with van der Waals surface area (Å²) in [7, 11) is -3.92. The molecule has 1 aliphatic heterocycles. The van der Waals surface area contributed by atoms with E-state index in [4.69, 9.17) is 5.26 Å². The maximum atomic E-state index is 13.0. The van der Waals surface area contributed by atoms with E-state index in [1.807, 2.05) is 6.07 Å². The average Bonchev–Trinajstić information content (AvgIpc) is 3.00. The number of imide groups is 1. The highest BCUT2D eigenvalue weighted by Crippen LogP contribution is 2.38. The fourth-order valence-electron chi connectivity index (χ4n) is 4.46. The minimum atomic E-state index is -3.92. The molecule has 1 N–H and O–H groups in total. The van der Waals surface area contributed by atoms with Gasteiger partial charge in [-0.15, -0.1) is 0 Å². The maximum Gasteiger partial charge on any atom is 0.262 e. The van der Waals surface area contributed by atoms with Crippen LogP contribution in [-0.2, 0) is 26.2 Å². The number of rotatable bonds is 5. The van der Waals surface area contributed by atoms with Crippen molar-refractivity contribution < 1.29 is 18.0 Å². The molecule has 0 unspecified atom stereocenters. The van der Waals surface area contributed by atoms with Crippen molar-refractivity contribution in [3.63, 3.8) is 0 Å². The molecule has 31 heavy (non-hydrogen) atoms. The van der Waals surface area contributed by atoms with E-state index in [2.05, 4.69) is 4.72 Å². The Morgan fingerprint density at radius 2 is 1.74 bits per heavy atom. The molecule has 1 saturated heterocycles. The number of hydrogen-bond donors (Lipinski definition) is 1. The number of anilines is 1. The Morgan fingerprint density at radius 3 is 2.39 bits per heavy atom. The Labute approximate surface area is 181 Å². The van der Waals surface area contributed by atoms with Crippen molar-refractivity contribution in [1.82, 2.24) is 4.90 Å². The normalized spacial score (nSPS) is 21.0. The largest absolute Gasteiger partial charge is 0.280 e. The van der Waals surface area contributed by atoms with Crippen molar-refractivity contribution in [3.05, 3.63) is 59.2 Å². The molecule has 2 fully saturated rings. The molecule has 0 radical (unpaired) electrons. The van der Waals surface area contributed by atoms with Gasteiger partial charge in [-0.3, -0.25) is 19.2 Å². The van der Waals surface area contributed by atoms with E-state index in [-0.39, 0.29) is 40.8 Å². The number of nitriles is 1. The molecule has 7 nitrogen and oxygen atoms in total. The number of amides is 2. The van der Waals surface area contributed by atoms with Crippen LogP contribution in [0.25, 0.3) is 0 Å². The molecule has 1 heterocycles. The van der Waals surface area contributed by atoms with Crippen molar-refractivity contribution in [2.45, 2.75) is 44.0 Å². The van der Waals surface area contributed by atoms with E-state index in [0.29, 0.717) is 16.7 Å². The van der Waals surface area contributed by atoms with Crippen LogP contribution in [0.2, 0.25) is 0 Å². The van der Waals surface area contributed by atoms with Gasteiger partial charge in [-0.2, -0.15) is 5.26 Å². The minimum absolute atomic E-state index is 0.0668. The predicted octanol–water partition coefficient (Wildman–Crippen LogP) is 3.34. The number of sulfonamides is 1. The topological polar surface area (TPSA) is 107 Å². The molecule has 8 heteroatoms. The van der Waals surface area contributed by atoms with Gasteiger partial charge in [0.2, 0.25) is 11.8 Å². The maximum absolute atomic E-state index is 13.0. The molecule has 1 aliphatic carbocycles. The molecular weight excluding hydrogens is 414 g/mol. The first kappa shape index (κ1) is 21.1. The molecule has 2 aromatic carbocycles. The van der Waals surface area contributed by atoms with E-state index in [1.54, 1.807) is 37.3 Å². The third kappa shape index (κ3) is 4.06. The van der Waals surface area contributed by atoms with Crippen LogP contribution in [0, 0.1) is 30.1 Å². The molecule has 1 saturated carbocycles. The smallest absolute Gasteiger partial charge is 0.262 e. The van der Waals surface area contributed by atoms with Crippen LogP contribution in [0.3, 0.4) is 0 Å². The summed E-state index contributed by atoms with van der Waals surface area (Å²) in [6.07, 6.45) is 3.40. The summed E-state index contributed by atoms with van der Waals surface area (Å²) >= 11 is 0. The van der Waals surface area contributed by atoms with Crippen LogP contribution >= 0.6 is 0 Å². The Bertz CT molecular complexity index is 1180. The fraction of sp³-hybridized carbons (Fsp3) is 0.348. The zero-order valence-corrected chi connectivity index (χ0v) is 18.0. The second kappa shape index (κ2) is 8.16. The number of fused-ring (bicyclic) bond motifs is 1. The summed E-state index contributed by atoms with van der Waals surface area (Å²) in [5, 5.41) is 9.03. The number of likely N-dealkylation sites (tertiary alicyclic amines) is 1. The van der Waals surface area contributed by atoms with Gasteiger partial charge in [-0.05, 0) is 55.2 Å². The Morgan fingerprint density at radius 1 is 1.06 bits per heavy atom. The van der Waals surface area contributed by atoms with Gasteiger partial charge < -0.3 is 0 Å². The highest BCUT2D eigenvalue weighted by molar-refractivity contribution is 7.92. The number of benzene rings is 2. The van der Waals surface area contributed by atoms with Crippen molar-refractivity contribution in [2.24, 2.45) is 11.8 Å². The van der Waals surface area contributed by atoms with Crippen molar-refractivity contribution in [2.75, 3.05) is 4.72 Å². The van der Waals surface area contributed by atoms with Gasteiger partial charge in [0.15, 0.2) is 0 Å². The van der Waals surface area contributed by atoms with Crippen molar-refractivity contribution in [3.8, 4) is 6.07 Å². The van der Waals surface area contributed by atoms with Crippen molar-refractivity contribution in [1.29, 1.82) is 5.26 Å². The number of nitrogens with one attached hydrogen (secondary N) is 1. The van der Waals surface area contributed by atoms with Gasteiger partial charge in [0, 0.05) is 0 Å². The van der Waals surface area contributed by atoms with E-state index >= 15 is 0 Å². The highest BCUT2D eigenvalue weighted by atomic mass is 32.2. The van der Waals surface area contributed by atoms with Gasteiger partial charge in [-0.25, -0.2) is 8.42 Å². The lowest BCUT2D eigenvalue weighted by atomic mass is 9.81. The van der Waals surface area contributed by atoms with Crippen LogP contribution in [0.15, 0.2) is 47.4 Å². The van der Waals surface area contributed by atoms with Crippen LogP contribution < -0.4 is 4.72 Å². The number of hydrogen-bond acceptors (Lipinski definition) is 5. The summed E-state index contributed by atoms with van der Waals surface area (Å²) in [5.74, 6) is -0.759. The monoisotopic (exact) mass is 437 g/mol. The first-order chi connectivity index (χ1) is 14.8. The van der Waals surface area contributed by atoms with Gasteiger partial charge in [0.25, 0.3) is 10.0 Å². The molecule has 160 valence electrons. The van der Waals surface area contributed by atoms with Gasteiger partial charge in [0.1, 0.15) is 0 Å². The van der Waals surface area contributed by atoms with Crippen LogP contribution in [0.4, 0.5) is 5.69 Å². The summed E-state index contributed by atoms with van der Waals surface area (Å²) in [5.41, 5.74) is 1.76. The molecule has 2 atom stereocenters. The highest BCUT2D eigenvalue weighted by Gasteiger charge is 2.47. The molecule has 0 aromatic heterocycles. The molecule has 4 rings (SSSR count). The zero-order valence-electron chi connectivity index (χ0n) is 17.2. The molecule has 2 aromatic rings. The molecule has 2 amide bonds. The molecule has 2 aliphatic rings. The first-order valence-electron chi connectivity index (χ1n) is 10.3. The Hall–Kier alpha value is -3.18. The van der Waals surface area contributed by atoms with Crippen LogP contribution in [0.5, 0.6) is 0 Å². The summed E-state index contributed by atoms with van der Waals surface area (Å²) in [4.78, 5) is 26.9. The third-order valence-electron chi connectivity index (χ3n) is 6.06.